The number of hydrogen-bond acceptors (Lipinski definition) is 3. The number of hydrogen-bond donors (Lipinski definition) is 2. The lowest BCUT2D eigenvalue weighted by Crippen LogP contribution is -2.55. The van der Waals surface area contributed by atoms with Gasteiger partial charge >= 0.3 is 0 Å². The lowest BCUT2D eigenvalue weighted by molar-refractivity contribution is -0.140. The Hall–Kier alpha value is -1.85. The average molecular weight is 347 g/mol. The monoisotopic (exact) mass is 347 g/mol. The zero-order valence-electron chi connectivity index (χ0n) is 15.1. The Morgan fingerprint density at radius 2 is 2.04 bits per heavy atom. The van der Waals surface area contributed by atoms with Gasteiger partial charge in [0.1, 0.15) is 11.6 Å². The first-order valence-electron chi connectivity index (χ1n) is 9.59. The summed E-state index contributed by atoms with van der Waals surface area (Å²) in [5.41, 5.74) is -0.834. The van der Waals surface area contributed by atoms with E-state index in [9.17, 15) is 14.4 Å². The van der Waals surface area contributed by atoms with Crippen LogP contribution in [0.5, 0.6) is 0 Å². The first-order chi connectivity index (χ1) is 12.1. The molecule has 3 rings (SSSR count). The highest BCUT2D eigenvalue weighted by atomic mass is 16.2. The van der Waals surface area contributed by atoms with Crippen LogP contribution in [0.15, 0.2) is 12.2 Å². The van der Waals surface area contributed by atoms with Crippen molar-refractivity contribution in [1.29, 1.82) is 0 Å². The van der Waals surface area contributed by atoms with Crippen LogP contribution < -0.4 is 10.6 Å². The van der Waals surface area contributed by atoms with E-state index in [4.69, 9.17) is 0 Å². The van der Waals surface area contributed by atoms with E-state index in [2.05, 4.69) is 22.8 Å². The number of carbonyl (C=O) groups excluding carboxylic acids is 3. The van der Waals surface area contributed by atoms with Crippen molar-refractivity contribution in [3.63, 3.8) is 0 Å². The lowest BCUT2D eigenvalue weighted by Gasteiger charge is -2.26. The van der Waals surface area contributed by atoms with E-state index in [1.807, 2.05) is 0 Å². The minimum absolute atomic E-state index is 0.0482. The number of rotatable bonds is 1. The molecule has 138 valence electrons. The minimum atomic E-state index is -0.834. The van der Waals surface area contributed by atoms with Crippen LogP contribution in [0, 0.1) is 5.92 Å². The maximum atomic E-state index is 12.8. The molecule has 1 saturated carbocycles. The van der Waals surface area contributed by atoms with Gasteiger partial charge in [-0.1, -0.05) is 25.0 Å². The quantitative estimate of drug-likeness (QED) is 0.706. The van der Waals surface area contributed by atoms with Crippen LogP contribution in [0.25, 0.3) is 0 Å². The highest BCUT2D eigenvalue weighted by Gasteiger charge is 2.60. The molecular weight excluding hydrogens is 318 g/mol. The summed E-state index contributed by atoms with van der Waals surface area (Å²) in [5, 5.41) is 5.67. The molecule has 0 aromatic rings. The van der Waals surface area contributed by atoms with Gasteiger partial charge in [0.25, 0.3) is 0 Å². The minimum Gasteiger partial charge on any atom is -0.357 e. The van der Waals surface area contributed by atoms with Gasteiger partial charge in [-0.05, 0) is 38.5 Å². The number of likely N-dealkylation sites (N-methyl/N-ethyl adjacent to an activating group) is 1. The van der Waals surface area contributed by atoms with Crippen LogP contribution in [-0.4, -0.2) is 47.8 Å². The van der Waals surface area contributed by atoms with Crippen LogP contribution in [-0.2, 0) is 14.4 Å². The van der Waals surface area contributed by atoms with Gasteiger partial charge in [-0.25, -0.2) is 0 Å². The highest BCUT2D eigenvalue weighted by molar-refractivity contribution is 5.97. The summed E-state index contributed by atoms with van der Waals surface area (Å²) in [7, 11) is 1.60. The summed E-state index contributed by atoms with van der Waals surface area (Å²) in [6.07, 6.45) is 12.0. The molecule has 3 atom stereocenters. The molecule has 0 aromatic carbocycles. The molecule has 0 spiro atoms. The molecule has 3 aliphatic rings. The SMILES string of the molecule is CNC(=O)[C@@]12C[C@H]1/C=C\CCCCCCC(=O)N1CCC[C@H]1C(=O)N2. The topological polar surface area (TPSA) is 78.5 Å². The standard InChI is InChI=1S/C19H29N3O3/c1-20-18(25)19-13-14(19)9-6-4-2-3-5-7-11-16(23)22-12-8-10-15(22)17(24)21-19/h6,9,14-15H,2-5,7-8,10-13H2,1H3,(H,20,25)(H,21,24)/b9-6-/t14-,15+,19-/m1/s1. The molecule has 6 heteroatoms. The molecule has 2 fully saturated rings. The second-order valence-corrected chi connectivity index (χ2v) is 7.48. The number of nitrogens with zero attached hydrogens (tertiary/aromatic N) is 1. The van der Waals surface area contributed by atoms with Crippen molar-refractivity contribution in [3.8, 4) is 0 Å². The fourth-order valence-corrected chi connectivity index (χ4v) is 4.14. The van der Waals surface area contributed by atoms with Crippen LogP contribution in [0.3, 0.4) is 0 Å². The van der Waals surface area contributed by atoms with Crippen molar-refractivity contribution in [2.75, 3.05) is 13.6 Å². The zero-order chi connectivity index (χ0) is 17.9. The van der Waals surface area contributed by atoms with Crippen molar-refractivity contribution in [2.45, 2.75) is 69.4 Å². The van der Waals surface area contributed by atoms with E-state index in [0.717, 1.165) is 38.5 Å². The molecule has 2 aliphatic heterocycles. The van der Waals surface area contributed by atoms with Crippen LogP contribution in [0.1, 0.15) is 57.8 Å². The van der Waals surface area contributed by atoms with Gasteiger partial charge in [-0.15, -0.1) is 0 Å². The second kappa shape index (κ2) is 7.58. The molecule has 0 unspecified atom stereocenters. The summed E-state index contributed by atoms with van der Waals surface area (Å²) in [5.74, 6) is -0.199. The van der Waals surface area contributed by atoms with Gasteiger partial charge in [0.15, 0.2) is 0 Å². The van der Waals surface area contributed by atoms with E-state index in [-0.39, 0.29) is 23.6 Å². The first-order valence-corrected chi connectivity index (χ1v) is 9.59. The van der Waals surface area contributed by atoms with E-state index < -0.39 is 11.6 Å². The van der Waals surface area contributed by atoms with Crippen molar-refractivity contribution < 1.29 is 14.4 Å². The Labute approximate surface area is 149 Å². The third-order valence-electron chi connectivity index (χ3n) is 5.75. The number of amides is 3. The average Bonchev–Trinajstić information content (AvgIpc) is 3.07. The van der Waals surface area contributed by atoms with Crippen molar-refractivity contribution in [2.24, 2.45) is 5.92 Å². The summed E-state index contributed by atoms with van der Waals surface area (Å²) in [4.78, 5) is 39.4. The molecule has 2 N–H and O–H groups in total. The summed E-state index contributed by atoms with van der Waals surface area (Å²) >= 11 is 0. The van der Waals surface area contributed by atoms with Crippen molar-refractivity contribution in [1.82, 2.24) is 15.5 Å². The molecule has 25 heavy (non-hydrogen) atoms. The summed E-state index contributed by atoms with van der Waals surface area (Å²) < 4.78 is 0. The fourth-order valence-electron chi connectivity index (χ4n) is 4.14. The fraction of sp³-hybridized carbons (Fsp3) is 0.737. The van der Waals surface area contributed by atoms with E-state index in [0.29, 0.717) is 25.8 Å². The smallest absolute Gasteiger partial charge is 0.246 e. The summed E-state index contributed by atoms with van der Waals surface area (Å²) in [6, 6.07) is -0.426. The van der Waals surface area contributed by atoms with Gasteiger partial charge in [-0.2, -0.15) is 0 Å². The van der Waals surface area contributed by atoms with Crippen LogP contribution >= 0.6 is 0 Å². The third-order valence-corrected chi connectivity index (χ3v) is 5.75. The predicted octanol–water partition coefficient (Wildman–Crippen LogP) is 1.51. The Morgan fingerprint density at radius 3 is 2.84 bits per heavy atom. The normalized spacial score (nSPS) is 34.8. The third kappa shape index (κ3) is 3.72. The van der Waals surface area contributed by atoms with Gasteiger partial charge in [-0.3, -0.25) is 14.4 Å². The molecule has 0 aromatic heterocycles. The number of carbonyl (C=O) groups is 3. The Bertz CT molecular complexity index is 574. The Balaban J connectivity index is 1.78. The van der Waals surface area contributed by atoms with E-state index >= 15 is 0 Å². The molecule has 3 amide bonds. The summed E-state index contributed by atoms with van der Waals surface area (Å²) in [6.45, 7) is 0.646. The van der Waals surface area contributed by atoms with E-state index in [1.54, 1.807) is 11.9 Å². The molecule has 2 heterocycles. The van der Waals surface area contributed by atoms with Crippen LogP contribution in [0.2, 0.25) is 0 Å². The largest absolute Gasteiger partial charge is 0.357 e. The molecule has 1 aliphatic carbocycles. The Morgan fingerprint density at radius 1 is 1.24 bits per heavy atom. The second-order valence-electron chi connectivity index (χ2n) is 7.48. The highest BCUT2D eigenvalue weighted by Crippen LogP contribution is 2.45. The lowest BCUT2D eigenvalue weighted by atomic mass is 10.1. The van der Waals surface area contributed by atoms with Crippen LogP contribution in [0.4, 0.5) is 0 Å². The number of nitrogens with one attached hydrogen (secondary N) is 2. The number of allylic oxidation sites excluding steroid dienone is 1. The maximum absolute atomic E-state index is 12.8. The molecule has 1 saturated heterocycles. The van der Waals surface area contributed by atoms with E-state index in [1.165, 1.54) is 0 Å². The zero-order valence-corrected chi connectivity index (χ0v) is 15.1. The maximum Gasteiger partial charge on any atom is 0.246 e. The van der Waals surface area contributed by atoms with Gasteiger partial charge in [0.05, 0.1) is 0 Å². The van der Waals surface area contributed by atoms with Gasteiger partial charge in [0, 0.05) is 25.9 Å². The predicted molar refractivity (Wildman–Crippen MR) is 94.6 cm³/mol. The Kier molecular flexibility index (Phi) is 5.45. The van der Waals surface area contributed by atoms with Gasteiger partial charge < -0.3 is 15.5 Å². The van der Waals surface area contributed by atoms with Gasteiger partial charge in [0.2, 0.25) is 17.7 Å². The molecule has 0 radical (unpaired) electrons. The first kappa shape index (κ1) is 18.0. The number of fused-ring (bicyclic) bond motifs is 2. The van der Waals surface area contributed by atoms with Crippen molar-refractivity contribution >= 4 is 17.7 Å². The molecule has 0 bridgehead atoms. The molecular formula is C19H29N3O3. The van der Waals surface area contributed by atoms with Crippen molar-refractivity contribution in [3.05, 3.63) is 12.2 Å². The molecule has 6 nitrogen and oxygen atoms in total.